The van der Waals surface area contributed by atoms with Crippen LogP contribution < -0.4 is 5.32 Å². The molecular formula is C15H21N3O2. The van der Waals surface area contributed by atoms with Crippen molar-refractivity contribution in [1.29, 1.82) is 0 Å². The fraction of sp³-hybridized carbons (Fsp3) is 0.400. The van der Waals surface area contributed by atoms with Gasteiger partial charge in [-0.1, -0.05) is 6.07 Å². The van der Waals surface area contributed by atoms with Crippen LogP contribution in [0, 0.1) is 13.8 Å². The molecule has 108 valence electrons. The van der Waals surface area contributed by atoms with Gasteiger partial charge in [0, 0.05) is 12.6 Å². The maximum absolute atomic E-state index is 9.49. The maximum atomic E-state index is 9.49. The summed E-state index contributed by atoms with van der Waals surface area (Å²) in [5, 5.41) is 26.6. The highest BCUT2D eigenvalue weighted by Crippen LogP contribution is 2.26. The zero-order chi connectivity index (χ0) is 14.9. The molecule has 1 aromatic heterocycles. The number of aryl methyl sites for hydroxylation is 1. The van der Waals surface area contributed by atoms with Gasteiger partial charge in [0.1, 0.15) is 0 Å². The first-order valence-electron chi connectivity index (χ1n) is 6.70. The molecule has 1 aromatic carbocycles. The first kappa shape index (κ1) is 14.2. The Morgan fingerprint density at radius 1 is 1.20 bits per heavy atom. The Bertz CT molecular complexity index is 618. The summed E-state index contributed by atoms with van der Waals surface area (Å²) in [5.74, 6) is -0.204. The Kier molecular flexibility index (Phi) is 3.88. The number of aromatic nitrogens is 2. The van der Waals surface area contributed by atoms with Gasteiger partial charge in [0.25, 0.3) is 0 Å². The number of nitrogens with zero attached hydrogens (tertiary/aromatic N) is 2. The fourth-order valence-electron chi connectivity index (χ4n) is 2.29. The normalized spacial score (nSPS) is 11.1. The molecule has 0 unspecified atom stereocenters. The van der Waals surface area contributed by atoms with Crippen LogP contribution >= 0.6 is 0 Å². The van der Waals surface area contributed by atoms with Crippen LogP contribution in [0.15, 0.2) is 18.2 Å². The number of phenolic OH excluding ortho intramolecular Hbond substituents is 2. The van der Waals surface area contributed by atoms with E-state index in [-0.39, 0.29) is 11.5 Å². The number of anilines is 1. The van der Waals surface area contributed by atoms with E-state index >= 15 is 0 Å². The van der Waals surface area contributed by atoms with Gasteiger partial charge in [-0.05, 0) is 45.4 Å². The third-order valence-corrected chi connectivity index (χ3v) is 3.32. The minimum Gasteiger partial charge on any atom is -0.504 e. The Morgan fingerprint density at radius 2 is 1.90 bits per heavy atom. The van der Waals surface area contributed by atoms with Crippen molar-refractivity contribution in [3.05, 3.63) is 35.2 Å². The van der Waals surface area contributed by atoms with Crippen LogP contribution in [0.4, 0.5) is 5.69 Å². The number of hydrogen-bond donors (Lipinski definition) is 3. The molecule has 2 aromatic rings. The highest BCUT2D eigenvalue weighted by atomic mass is 16.3. The molecule has 0 aliphatic carbocycles. The van der Waals surface area contributed by atoms with E-state index in [1.807, 2.05) is 18.5 Å². The maximum Gasteiger partial charge on any atom is 0.157 e. The van der Waals surface area contributed by atoms with Gasteiger partial charge in [0.2, 0.25) is 0 Å². The molecule has 0 saturated carbocycles. The quantitative estimate of drug-likeness (QED) is 0.750. The third kappa shape index (κ3) is 2.71. The topological polar surface area (TPSA) is 70.3 Å². The molecule has 3 N–H and O–H groups in total. The van der Waals surface area contributed by atoms with Crippen LogP contribution in [-0.4, -0.2) is 20.0 Å². The van der Waals surface area contributed by atoms with Crippen molar-refractivity contribution in [3.63, 3.8) is 0 Å². The summed E-state index contributed by atoms with van der Waals surface area (Å²) < 4.78 is 1.99. The molecule has 5 nitrogen and oxygen atoms in total. The van der Waals surface area contributed by atoms with Crippen LogP contribution in [0.3, 0.4) is 0 Å². The standard InChI is InChI=1S/C15H21N3O2/c1-9(2)18-11(4)15(10(3)17-18)16-8-12-5-6-13(19)14(20)7-12/h5-7,9,16,19-20H,8H2,1-4H3. The van der Waals surface area contributed by atoms with Crippen molar-refractivity contribution < 1.29 is 10.2 Å². The van der Waals surface area contributed by atoms with Gasteiger partial charge in [-0.3, -0.25) is 4.68 Å². The highest BCUT2D eigenvalue weighted by molar-refractivity contribution is 5.53. The molecular weight excluding hydrogens is 254 g/mol. The summed E-state index contributed by atoms with van der Waals surface area (Å²) >= 11 is 0. The second kappa shape index (κ2) is 5.45. The lowest BCUT2D eigenvalue weighted by molar-refractivity contribution is 0.403. The van der Waals surface area contributed by atoms with Crippen LogP contribution in [-0.2, 0) is 6.54 Å². The highest BCUT2D eigenvalue weighted by Gasteiger charge is 2.13. The largest absolute Gasteiger partial charge is 0.504 e. The molecule has 1 heterocycles. The van der Waals surface area contributed by atoms with E-state index in [0.717, 1.165) is 22.6 Å². The average Bonchev–Trinajstić information content (AvgIpc) is 2.67. The predicted octanol–water partition coefficient (Wildman–Crippen LogP) is 3.10. The minimum absolute atomic E-state index is 0.101. The third-order valence-electron chi connectivity index (χ3n) is 3.32. The lowest BCUT2D eigenvalue weighted by atomic mass is 10.2. The summed E-state index contributed by atoms with van der Waals surface area (Å²) in [5.41, 5.74) is 3.97. The van der Waals surface area contributed by atoms with E-state index < -0.39 is 0 Å². The fourth-order valence-corrected chi connectivity index (χ4v) is 2.29. The van der Waals surface area contributed by atoms with Crippen molar-refractivity contribution in [3.8, 4) is 11.5 Å². The average molecular weight is 275 g/mol. The van der Waals surface area contributed by atoms with Gasteiger partial charge in [-0.2, -0.15) is 5.10 Å². The first-order chi connectivity index (χ1) is 9.40. The Hall–Kier alpha value is -2.17. The van der Waals surface area contributed by atoms with Gasteiger partial charge >= 0.3 is 0 Å². The Morgan fingerprint density at radius 3 is 2.45 bits per heavy atom. The second-order valence-electron chi connectivity index (χ2n) is 5.26. The van der Waals surface area contributed by atoms with Crippen LogP contribution in [0.25, 0.3) is 0 Å². The Labute approximate surface area is 118 Å². The van der Waals surface area contributed by atoms with Gasteiger partial charge in [-0.15, -0.1) is 0 Å². The zero-order valence-corrected chi connectivity index (χ0v) is 12.3. The minimum atomic E-state index is -0.103. The van der Waals surface area contributed by atoms with E-state index in [4.69, 9.17) is 0 Å². The number of hydrogen-bond acceptors (Lipinski definition) is 4. The summed E-state index contributed by atoms with van der Waals surface area (Å²) in [4.78, 5) is 0. The molecule has 5 heteroatoms. The molecule has 20 heavy (non-hydrogen) atoms. The first-order valence-corrected chi connectivity index (χ1v) is 6.70. The van der Waals surface area contributed by atoms with E-state index in [9.17, 15) is 10.2 Å². The predicted molar refractivity (Wildman–Crippen MR) is 79.2 cm³/mol. The zero-order valence-electron chi connectivity index (χ0n) is 12.3. The molecule has 0 aliphatic heterocycles. The number of nitrogens with one attached hydrogen (secondary N) is 1. The van der Waals surface area contributed by atoms with E-state index in [1.165, 1.54) is 6.07 Å². The van der Waals surface area contributed by atoms with Gasteiger partial charge in [-0.25, -0.2) is 0 Å². The number of phenols is 2. The summed E-state index contributed by atoms with van der Waals surface area (Å²) in [6, 6.07) is 5.14. The number of aromatic hydroxyl groups is 2. The summed E-state index contributed by atoms with van der Waals surface area (Å²) in [7, 11) is 0. The summed E-state index contributed by atoms with van der Waals surface area (Å²) in [6.45, 7) is 8.78. The van der Waals surface area contributed by atoms with Crippen molar-refractivity contribution in [2.75, 3.05) is 5.32 Å². The second-order valence-corrected chi connectivity index (χ2v) is 5.26. The van der Waals surface area contributed by atoms with Crippen molar-refractivity contribution in [2.45, 2.75) is 40.3 Å². The van der Waals surface area contributed by atoms with Crippen molar-refractivity contribution in [2.24, 2.45) is 0 Å². The molecule has 0 radical (unpaired) electrons. The monoisotopic (exact) mass is 275 g/mol. The smallest absolute Gasteiger partial charge is 0.157 e. The lowest BCUT2D eigenvalue weighted by Gasteiger charge is -2.10. The summed E-state index contributed by atoms with van der Waals surface area (Å²) in [6.07, 6.45) is 0. The molecule has 0 amide bonds. The van der Waals surface area contributed by atoms with E-state index in [0.29, 0.717) is 12.6 Å². The van der Waals surface area contributed by atoms with Gasteiger partial charge in [0.15, 0.2) is 11.5 Å². The number of benzene rings is 1. The molecule has 2 rings (SSSR count). The molecule has 0 atom stereocenters. The molecule has 0 bridgehead atoms. The van der Waals surface area contributed by atoms with E-state index in [2.05, 4.69) is 24.3 Å². The molecule has 0 fully saturated rings. The van der Waals surface area contributed by atoms with E-state index in [1.54, 1.807) is 12.1 Å². The lowest BCUT2D eigenvalue weighted by Crippen LogP contribution is -2.06. The van der Waals surface area contributed by atoms with Crippen LogP contribution in [0.2, 0.25) is 0 Å². The molecule has 0 saturated heterocycles. The van der Waals surface area contributed by atoms with Gasteiger partial charge < -0.3 is 15.5 Å². The Balaban J connectivity index is 2.16. The SMILES string of the molecule is Cc1nn(C(C)C)c(C)c1NCc1ccc(O)c(O)c1. The van der Waals surface area contributed by atoms with Crippen molar-refractivity contribution >= 4 is 5.69 Å². The van der Waals surface area contributed by atoms with Crippen molar-refractivity contribution in [1.82, 2.24) is 9.78 Å². The molecule has 0 aliphatic rings. The number of rotatable bonds is 4. The van der Waals surface area contributed by atoms with Crippen LogP contribution in [0.1, 0.15) is 36.8 Å². The van der Waals surface area contributed by atoms with Gasteiger partial charge in [0.05, 0.1) is 17.1 Å². The molecule has 0 spiro atoms. The van der Waals surface area contributed by atoms with Crippen LogP contribution in [0.5, 0.6) is 11.5 Å².